The van der Waals surface area contributed by atoms with Gasteiger partial charge in [0, 0.05) is 17.7 Å². The summed E-state index contributed by atoms with van der Waals surface area (Å²) in [6.07, 6.45) is 6.26. The van der Waals surface area contributed by atoms with Crippen LogP contribution in [0.1, 0.15) is 24.8 Å². The first-order valence-electron chi connectivity index (χ1n) is 10.1. The lowest BCUT2D eigenvalue weighted by Gasteiger charge is -2.09. The molecule has 0 unspecified atom stereocenters. The maximum absolute atomic E-state index is 11.2. The van der Waals surface area contributed by atoms with Gasteiger partial charge in [-0.3, -0.25) is 9.36 Å². The van der Waals surface area contributed by atoms with Crippen LogP contribution in [0.3, 0.4) is 0 Å². The maximum atomic E-state index is 11.2. The van der Waals surface area contributed by atoms with Gasteiger partial charge in [0.1, 0.15) is 5.82 Å². The minimum atomic E-state index is -0.162. The smallest absolute Gasteiger partial charge is 0.305 e. The van der Waals surface area contributed by atoms with Crippen molar-refractivity contribution in [2.24, 2.45) is 0 Å². The van der Waals surface area contributed by atoms with Crippen molar-refractivity contribution in [3.8, 4) is 17.1 Å². The molecule has 0 fully saturated rings. The molecule has 4 nitrogen and oxygen atoms in total. The third-order valence-corrected chi connectivity index (χ3v) is 5.01. The standard InChI is InChI=1S/C26H24N2O2/c1-30-25(29)16-10-2-5-11-20-17-18-23-24(19-20)28(22-14-8-4-9-15-22)26(27-23)21-12-6-3-7-13-21/h3-9,11-15,17-19H,2,10,16H2,1H3. The van der Waals surface area contributed by atoms with Crippen LogP contribution in [0.4, 0.5) is 0 Å². The maximum Gasteiger partial charge on any atom is 0.305 e. The lowest BCUT2D eigenvalue weighted by Crippen LogP contribution is -1.98. The van der Waals surface area contributed by atoms with Gasteiger partial charge in [0.2, 0.25) is 0 Å². The Morgan fingerprint density at radius 1 is 1.00 bits per heavy atom. The molecule has 0 bridgehead atoms. The van der Waals surface area contributed by atoms with E-state index < -0.39 is 0 Å². The summed E-state index contributed by atoms with van der Waals surface area (Å²) >= 11 is 0. The highest BCUT2D eigenvalue weighted by Gasteiger charge is 2.14. The van der Waals surface area contributed by atoms with Crippen molar-refractivity contribution >= 4 is 23.1 Å². The van der Waals surface area contributed by atoms with Crippen LogP contribution >= 0.6 is 0 Å². The van der Waals surface area contributed by atoms with E-state index in [9.17, 15) is 4.79 Å². The number of benzene rings is 3. The molecule has 0 amide bonds. The molecule has 30 heavy (non-hydrogen) atoms. The van der Waals surface area contributed by atoms with Crippen LogP contribution in [-0.2, 0) is 9.53 Å². The number of rotatable bonds is 7. The van der Waals surface area contributed by atoms with E-state index in [0.29, 0.717) is 6.42 Å². The quantitative estimate of drug-likeness (QED) is 0.282. The van der Waals surface area contributed by atoms with E-state index in [-0.39, 0.29) is 5.97 Å². The van der Waals surface area contributed by atoms with Gasteiger partial charge < -0.3 is 4.74 Å². The highest BCUT2D eigenvalue weighted by molar-refractivity contribution is 5.85. The van der Waals surface area contributed by atoms with Gasteiger partial charge in [0.25, 0.3) is 0 Å². The molecule has 4 aromatic rings. The Kier molecular flexibility index (Phi) is 6.04. The molecule has 0 saturated heterocycles. The Labute approximate surface area is 176 Å². The minimum absolute atomic E-state index is 0.162. The van der Waals surface area contributed by atoms with E-state index in [1.54, 1.807) is 0 Å². The van der Waals surface area contributed by atoms with E-state index in [1.807, 2.05) is 36.4 Å². The average molecular weight is 396 g/mol. The number of methoxy groups -OCH3 is 1. The summed E-state index contributed by atoms with van der Waals surface area (Å²) in [5, 5.41) is 0. The van der Waals surface area contributed by atoms with E-state index in [0.717, 1.165) is 46.5 Å². The number of carbonyl (C=O) groups excluding carboxylic acids is 1. The molecule has 0 atom stereocenters. The Bertz CT molecular complexity index is 1160. The van der Waals surface area contributed by atoms with Crippen LogP contribution in [0.25, 0.3) is 34.2 Å². The van der Waals surface area contributed by atoms with Crippen LogP contribution in [0, 0.1) is 0 Å². The van der Waals surface area contributed by atoms with Gasteiger partial charge in [0.15, 0.2) is 0 Å². The van der Waals surface area contributed by atoms with Crippen molar-refractivity contribution in [3.05, 3.63) is 90.5 Å². The van der Waals surface area contributed by atoms with Crippen molar-refractivity contribution in [1.29, 1.82) is 0 Å². The van der Waals surface area contributed by atoms with Crippen LogP contribution in [-0.4, -0.2) is 22.6 Å². The summed E-state index contributed by atoms with van der Waals surface area (Å²) in [5.74, 6) is 0.765. The zero-order valence-electron chi connectivity index (χ0n) is 17.0. The molecule has 1 heterocycles. The topological polar surface area (TPSA) is 44.1 Å². The number of imidazole rings is 1. The Morgan fingerprint density at radius 3 is 2.47 bits per heavy atom. The van der Waals surface area contributed by atoms with Crippen LogP contribution in [0.5, 0.6) is 0 Å². The second-order valence-electron chi connectivity index (χ2n) is 7.09. The van der Waals surface area contributed by atoms with Gasteiger partial charge in [-0.1, -0.05) is 66.7 Å². The molecule has 150 valence electrons. The molecule has 4 rings (SSSR count). The van der Waals surface area contributed by atoms with Crippen LogP contribution < -0.4 is 0 Å². The Balaban J connectivity index is 1.70. The van der Waals surface area contributed by atoms with Crippen molar-refractivity contribution < 1.29 is 9.53 Å². The Hall–Kier alpha value is -3.66. The molecule has 0 aliphatic heterocycles. The van der Waals surface area contributed by atoms with E-state index in [2.05, 4.69) is 63.9 Å². The summed E-state index contributed by atoms with van der Waals surface area (Å²) in [5.41, 5.74) is 5.30. The fourth-order valence-corrected chi connectivity index (χ4v) is 3.50. The highest BCUT2D eigenvalue weighted by atomic mass is 16.5. The van der Waals surface area contributed by atoms with E-state index in [4.69, 9.17) is 4.98 Å². The molecule has 4 heteroatoms. The molecule has 0 spiro atoms. The number of unbranched alkanes of at least 4 members (excludes halogenated alkanes) is 1. The second-order valence-corrected chi connectivity index (χ2v) is 7.09. The monoisotopic (exact) mass is 396 g/mol. The first-order valence-corrected chi connectivity index (χ1v) is 10.1. The molecule has 0 N–H and O–H groups in total. The fourth-order valence-electron chi connectivity index (χ4n) is 3.50. The number of esters is 1. The minimum Gasteiger partial charge on any atom is -0.469 e. The number of carbonyl (C=O) groups is 1. The third kappa shape index (κ3) is 4.33. The molecule has 1 aromatic heterocycles. The molecule has 0 aliphatic rings. The van der Waals surface area contributed by atoms with Crippen LogP contribution in [0.15, 0.2) is 84.9 Å². The van der Waals surface area contributed by atoms with Crippen molar-refractivity contribution in [3.63, 3.8) is 0 Å². The second kappa shape index (κ2) is 9.23. The van der Waals surface area contributed by atoms with E-state index in [1.165, 1.54) is 7.11 Å². The lowest BCUT2D eigenvalue weighted by atomic mass is 10.1. The van der Waals surface area contributed by atoms with Crippen molar-refractivity contribution in [2.75, 3.05) is 7.11 Å². The number of fused-ring (bicyclic) bond motifs is 1. The number of hydrogen-bond donors (Lipinski definition) is 0. The molecule has 0 aliphatic carbocycles. The number of para-hydroxylation sites is 1. The fraction of sp³-hybridized carbons (Fsp3) is 0.154. The summed E-state index contributed by atoms with van der Waals surface area (Å²) in [6, 6.07) is 26.9. The predicted molar refractivity (Wildman–Crippen MR) is 121 cm³/mol. The molecular weight excluding hydrogens is 372 g/mol. The Morgan fingerprint density at radius 2 is 1.73 bits per heavy atom. The molecular formula is C26H24N2O2. The highest BCUT2D eigenvalue weighted by Crippen LogP contribution is 2.29. The number of aromatic nitrogens is 2. The SMILES string of the molecule is COC(=O)CCCC=Cc1ccc2nc(-c3ccccc3)n(-c3ccccc3)c2c1. The molecule has 0 saturated carbocycles. The summed E-state index contributed by atoms with van der Waals surface area (Å²) in [7, 11) is 1.42. The number of allylic oxidation sites excluding steroid dienone is 1. The van der Waals surface area contributed by atoms with Gasteiger partial charge in [-0.15, -0.1) is 0 Å². The van der Waals surface area contributed by atoms with E-state index >= 15 is 0 Å². The van der Waals surface area contributed by atoms with Gasteiger partial charge in [0.05, 0.1) is 18.1 Å². The van der Waals surface area contributed by atoms with Gasteiger partial charge in [-0.25, -0.2) is 4.98 Å². The predicted octanol–water partition coefficient (Wildman–Crippen LogP) is 6.05. The number of nitrogens with zero attached hydrogens (tertiary/aromatic N) is 2. The largest absolute Gasteiger partial charge is 0.469 e. The van der Waals surface area contributed by atoms with Crippen molar-refractivity contribution in [1.82, 2.24) is 9.55 Å². The summed E-state index contributed by atoms with van der Waals surface area (Å²) in [6.45, 7) is 0. The van der Waals surface area contributed by atoms with Crippen molar-refractivity contribution in [2.45, 2.75) is 19.3 Å². The lowest BCUT2D eigenvalue weighted by molar-refractivity contribution is -0.140. The average Bonchev–Trinajstić information content (AvgIpc) is 3.18. The molecule has 3 aromatic carbocycles. The first-order chi connectivity index (χ1) is 14.8. The zero-order chi connectivity index (χ0) is 20.8. The summed E-state index contributed by atoms with van der Waals surface area (Å²) < 4.78 is 6.89. The normalized spacial score (nSPS) is 11.2. The van der Waals surface area contributed by atoms with Gasteiger partial charge >= 0.3 is 5.97 Å². The van der Waals surface area contributed by atoms with Gasteiger partial charge in [-0.2, -0.15) is 0 Å². The number of hydrogen-bond acceptors (Lipinski definition) is 3. The summed E-state index contributed by atoms with van der Waals surface area (Å²) in [4.78, 5) is 16.2. The van der Waals surface area contributed by atoms with Crippen LogP contribution in [0.2, 0.25) is 0 Å². The number of ether oxygens (including phenoxy) is 1. The first kappa shape index (κ1) is 19.6. The molecule has 0 radical (unpaired) electrons. The zero-order valence-corrected chi connectivity index (χ0v) is 17.0. The third-order valence-electron chi connectivity index (χ3n) is 5.01. The van der Waals surface area contributed by atoms with Gasteiger partial charge in [-0.05, 0) is 42.7 Å².